The average molecular weight is 415 g/mol. The van der Waals surface area contributed by atoms with Crippen LogP contribution in [-0.2, 0) is 4.74 Å². The Bertz CT molecular complexity index is 688. The van der Waals surface area contributed by atoms with Gasteiger partial charge in [-0.05, 0) is 52.3 Å². The molecule has 1 aromatic rings. The Morgan fingerprint density at radius 1 is 1.28 bits per heavy atom. The number of benzene rings is 1. The minimum absolute atomic E-state index is 0.0543. The van der Waals surface area contributed by atoms with Gasteiger partial charge in [-0.2, -0.15) is 0 Å². The summed E-state index contributed by atoms with van der Waals surface area (Å²) in [5, 5.41) is 0. The van der Waals surface area contributed by atoms with E-state index in [1.807, 2.05) is 34.6 Å². The fraction of sp³-hybridized carbons (Fsp3) is 0.556. The molecule has 5 nitrogen and oxygen atoms in total. The van der Waals surface area contributed by atoms with Gasteiger partial charge < -0.3 is 14.5 Å². The molecule has 1 aliphatic heterocycles. The normalized spacial score (nSPS) is 18.3. The topological polar surface area (TPSA) is 49.9 Å². The summed E-state index contributed by atoms with van der Waals surface area (Å²) in [6.45, 7) is 10.1. The maximum absolute atomic E-state index is 14.2. The van der Waals surface area contributed by atoms with Crippen molar-refractivity contribution in [3.05, 3.63) is 33.5 Å². The highest BCUT2D eigenvalue weighted by Crippen LogP contribution is 2.23. The largest absolute Gasteiger partial charge is 0.444 e. The summed E-state index contributed by atoms with van der Waals surface area (Å²) in [5.74, 6) is -0.909. The molecule has 1 unspecified atom stereocenters. The van der Waals surface area contributed by atoms with E-state index in [9.17, 15) is 14.0 Å². The van der Waals surface area contributed by atoms with Gasteiger partial charge in [0.25, 0.3) is 5.91 Å². The van der Waals surface area contributed by atoms with E-state index in [1.165, 1.54) is 6.07 Å². The molecule has 2 rings (SSSR count). The Kier molecular flexibility index (Phi) is 5.76. The van der Waals surface area contributed by atoms with E-state index in [0.717, 1.165) is 5.56 Å². The number of amides is 2. The number of halogens is 2. The Morgan fingerprint density at radius 2 is 1.92 bits per heavy atom. The molecule has 0 bridgehead atoms. The molecule has 1 atom stereocenters. The van der Waals surface area contributed by atoms with E-state index in [1.54, 1.807) is 15.9 Å². The van der Waals surface area contributed by atoms with E-state index in [2.05, 4.69) is 15.9 Å². The molecule has 1 aromatic carbocycles. The molecule has 1 aliphatic rings. The molecule has 2 amide bonds. The van der Waals surface area contributed by atoms with Gasteiger partial charge in [-0.25, -0.2) is 9.18 Å². The summed E-state index contributed by atoms with van der Waals surface area (Å²) in [5.41, 5.74) is 0.283. The molecule has 7 heteroatoms. The lowest BCUT2D eigenvalue weighted by Crippen LogP contribution is -2.56. The molecular formula is C18H24BrFN2O3. The number of nitrogens with zero attached hydrogens (tertiary/aromatic N) is 2. The van der Waals surface area contributed by atoms with Gasteiger partial charge in [-0.3, -0.25) is 4.79 Å². The van der Waals surface area contributed by atoms with Crippen molar-refractivity contribution in [1.29, 1.82) is 0 Å². The minimum Gasteiger partial charge on any atom is -0.444 e. The van der Waals surface area contributed by atoms with Crippen molar-refractivity contribution in [3.8, 4) is 0 Å². The summed E-state index contributed by atoms with van der Waals surface area (Å²) in [6, 6.07) is 2.66. The second kappa shape index (κ2) is 7.32. The predicted octanol–water partition coefficient (Wildman–Crippen LogP) is 3.98. The number of ether oxygens (including phenoxy) is 1. The smallest absolute Gasteiger partial charge is 0.410 e. The number of hydrogen-bond acceptors (Lipinski definition) is 3. The fourth-order valence-corrected chi connectivity index (χ4v) is 3.04. The number of rotatable bonds is 1. The van der Waals surface area contributed by atoms with Crippen LogP contribution >= 0.6 is 15.9 Å². The predicted molar refractivity (Wildman–Crippen MR) is 97.1 cm³/mol. The maximum Gasteiger partial charge on any atom is 0.410 e. The van der Waals surface area contributed by atoms with Crippen LogP contribution in [-0.4, -0.2) is 53.1 Å². The molecule has 0 N–H and O–H groups in total. The molecule has 1 fully saturated rings. The van der Waals surface area contributed by atoms with Gasteiger partial charge in [0.1, 0.15) is 11.4 Å². The van der Waals surface area contributed by atoms with Crippen molar-refractivity contribution in [2.45, 2.75) is 46.3 Å². The molecule has 25 heavy (non-hydrogen) atoms. The van der Waals surface area contributed by atoms with Crippen molar-refractivity contribution in [2.75, 3.05) is 19.6 Å². The van der Waals surface area contributed by atoms with E-state index in [-0.39, 0.29) is 17.5 Å². The zero-order chi connectivity index (χ0) is 18.9. The maximum atomic E-state index is 14.2. The quantitative estimate of drug-likeness (QED) is 0.698. The van der Waals surface area contributed by atoms with E-state index in [0.29, 0.717) is 24.1 Å². The average Bonchev–Trinajstić information content (AvgIpc) is 2.48. The van der Waals surface area contributed by atoms with Gasteiger partial charge in [0.05, 0.1) is 5.56 Å². The van der Waals surface area contributed by atoms with Gasteiger partial charge in [0, 0.05) is 30.1 Å². The summed E-state index contributed by atoms with van der Waals surface area (Å²) in [6.07, 6.45) is -0.391. The number of carbonyl (C=O) groups is 2. The van der Waals surface area contributed by atoms with Gasteiger partial charge in [0.15, 0.2) is 0 Å². The monoisotopic (exact) mass is 414 g/mol. The molecule has 0 radical (unpaired) electrons. The van der Waals surface area contributed by atoms with Crippen molar-refractivity contribution in [3.63, 3.8) is 0 Å². The highest BCUT2D eigenvalue weighted by molar-refractivity contribution is 9.10. The Hall–Kier alpha value is -1.63. The van der Waals surface area contributed by atoms with Crippen LogP contribution in [0.1, 0.15) is 43.6 Å². The van der Waals surface area contributed by atoms with Crippen molar-refractivity contribution >= 4 is 27.9 Å². The van der Waals surface area contributed by atoms with Crippen LogP contribution in [0.5, 0.6) is 0 Å². The lowest BCUT2D eigenvalue weighted by Gasteiger charge is -2.40. The van der Waals surface area contributed by atoms with Gasteiger partial charge in [-0.15, -0.1) is 0 Å². The molecule has 138 valence electrons. The lowest BCUT2D eigenvalue weighted by atomic mass is 10.1. The Morgan fingerprint density at radius 3 is 2.48 bits per heavy atom. The molecule has 1 heterocycles. The molecule has 1 saturated heterocycles. The third-order valence-corrected chi connectivity index (χ3v) is 4.88. The lowest BCUT2D eigenvalue weighted by molar-refractivity contribution is 0.00190. The third kappa shape index (κ3) is 4.71. The fourth-order valence-electron chi connectivity index (χ4n) is 2.73. The van der Waals surface area contributed by atoms with Crippen LogP contribution in [0.15, 0.2) is 16.6 Å². The summed E-state index contributed by atoms with van der Waals surface area (Å²) < 4.78 is 20.2. The van der Waals surface area contributed by atoms with Crippen LogP contribution in [0.2, 0.25) is 0 Å². The third-order valence-electron chi connectivity index (χ3n) is 4.02. The van der Waals surface area contributed by atoms with Crippen LogP contribution in [0.3, 0.4) is 0 Å². The van der Waals surface area contributed by atoms with Gasteiger partial charge in [0.2, 0.25) is 0 Å². The Balaban J connectivity index is 2.09. The molecule has 0 spiro atoms. The highest BCUT2D eigenvalue weighted by Gasteiger charge is 2.33. The first-order valence-corrected chi connectivity index (χ1v) is 9.03. The standard InChI is InChI=1S/C18H24BrFN2O3/c1-11-8-13(15(20)9-14(11)19)16(23)21-6-7-22(12(2)10-21)17(24)25-18(3,4)5/h8-9,12H,6-7,10H2,1-5H3. The summed E-state index contributed by atoms with van der Waals surface area (Å²) >= 11 is 3.26. The first-order valence-electron chi connectivity index (χ1n) is 8.24. The number of piperazine rings is 1. The SMILES string of the molecule is Cc1cc(C(=O)N2CCN(C(=O)OC(C)(C)C)C(C)C2)c(F)cc1Br. The highest BCUT2D eigenvalue weighted by atomic mass is 79.9. The summed E-state index contributed by atoms with van der Waals surface area (Å²) in [7, 11) is 0. The van der Waals surface area contributed by atoms with Crippen molar-refractivity contribution in [2.24, 2.45) is 0 Å². The van der Waals surface area contributed by atoms with Crippen LogP contribution in [0, 0.1) is 12.7 Å². The van der Waals surface area contributed by atoms with Gasteiger partial charge >= 0.3 is 6.09 Å². The van der Waals surface area contributed by atoms with Crippen LogP contribution < -0.4 is 0 Å². The summed E-state index contributed by atoms with van der Waals surface area (Å²) in [4.78, 5) is 28.1. The molecular weight excluding hydrogens is 391 g/mol. The molecule has 0 aliphatic carbocycles. The minimum atomic E-state index is -0.568. The second-order valence-electron chi connectivity index (χ2n) is 7.36. The molecule has 0 saturated carbocycles. The molecule has 0 aromatic heterocycles. The van der Waals surface area contributed by atoms with Crippen molar-refractivity contribution < 1.29 is 18.7 Å². The van der Waals surface area contributed by atoms with Crippen LogP contribution in [0.4, 0.5) is 9.18 Å². The first kappa shape index (κ1) is 19.7. The Labute approximate surface area is 156 Å². The van der Waals surface area contributed by atoms with E-state index < -0.39 is 17.5 Å². The first-order chi connectivity index (χ1) is 11.5. The van der Waals surface area contributed by atoms with Crippen LogP contribution in [0.25, 0.3) is 0 Å². The number of aryl methyl sites for hydroxylation is 1. The van der Waals surface area contributed by atoms with E-state index >= 15 is 0 Å². The van der Waals surface area contributed by atoms with E-state index in [4.69, 9.17) is 4.74 Å². The zero-order valence-corrected chi connectivity index (χ0v) is 16.8. The van der Waals surface area contributed by atoms with Crippen molar-refractivity contribution in [1.82, 2.24) is 9.80 Å². The zero-order valence-electron chi connectivity index (χ0n) is 15.2. The van der Waals surface area contributed by atoms with Gasteiger partial charge in [-0.1, -0.05) is 15.9 Å². The number of carbonyl (C=O) groups excluding carboxylic acids is 2. The number of hydrogen-bond donors (Lipinski definition) is 0. The second-order valence-corrected chi connectivity index (χ2v) is 8.21.